The highest BCUT2D eigenvalue weighted by atomic mass is 32.2. The molecule has 1 heterocycles. The molecule has 0 saturated heterocycles. The van der Waals surface area contributed by atoms with Gasteiger partial charge in [0.1, 0.15) is 0 Å². The van der Waals surface area contributed by atoms with Gasteiger partial charge in [-0.05, 0) is 69.3 Å². The molecular formula is C28H29N7O2S. The summed E-state index contributed by atoms with van der Waals surface area (Å²) < 4.78 is 1.91. The summed E-state index contributed by atoms with van der Waals surface area (Å²) in [4.78, 5) is 25.2. The Kier molecular flexibility index (Phi) is 8.99. The van der Waals surface area contributed by atoms with Crippen LogP contribution in [-0.4, -0.2) is 32.3 Å². The van der Waals surface area contributed by atoms with Crippen molar-refractivity contribution in [3.63, 3.8) is 0 Å². The van der Waals surface area contributed by atoms with Crippen molar-refractivity contribution in [2.75, 3.05) is 11.1 Å². The largest absolute Gasteiger partial charge is 0.342 e. The van der Waals surface area contributed by atoms with Gasteiger partial charge in [0.25, 0.3) is 5.91 Å². The SMILES string of the molecule is CCn1c(SCC(=O)Nc2ccc(N=Nc3ccccc3)cc2)nnc1[C@H](C)NC(=O)c1ccc(C)cc1. The number of rotatable bonds is 10. The number of thioether (sulfide) groups is 1. The van der Waals surface area contributed by atoms with Crippen LogP contribution < -0.4 is 10.6 Å². The van der Waals surface area contributed by atoms with E-state index >= 15 is 0 Å². The molecule has 10 heteroatoms. The van der Waals surface area contributed by atoms with Gasteiger partial charge in [0.15, 0.2) is 11.0 Å². The first kappa shape index (κ1) is 26.7. The van der Waals surface area contributed by atoms with Gasteiger partial charge in [-0.1, -0.05) is 47.7 Å². The van der Waals surface area contributed by atoms with E-state index in [4.69, 9.17) is 0 Å². The summed E-state index contributed by atoms with van der Waals surface area (Å²) in [5.41, 5.74) is 3.80. The highest BCUT2D eigenvalue weighted by molar-refractivity contribution is 7.99. The minimum absolute atomic E-state index is 0.164. The van der Waals surface area contributed by atoms with Crippen molar-refractivity contribution in [1.29, 1.82) is 0 Å². The Morgan fingerprint density at radius 2 is 1.58 bits per heavy atom. The zero-order valence-corrected chi connectivity index (χ0v) is 22.3. The molecule has 9 nitrogen and oxygen atoms in total. The van der Waals surface area contributed by atoms with E-state index < -0.39 is 0 Å². The van der Waals surface area contributed by atoms with Gasteiger partial charge in [-0.3, -0.25) is 9.59 Å². The van der Waals surface area contributed by atoms with Crippen molar-refractivity contribution < 1.29 is 9.59 Å². The summed E-state index contributed by atoms with van der Waals surface area (Å²) in [7, 11) is 0. The Morgan fingerprint density at radius 1 is 0.921 bits per heavy atom. The number of benzene rings is 3. The number of anilines is 1. The second-order valence-corrected chi connectivity index (χ2v) is 9.51. The van der Waals surface area contributed by atoms with Crippen molar-refractivity contribution in [3.05, 3.63) is 95.8 Å². The normalized spacial score (nSPS) is 11.9. The number of carbonyl (C=O) groups is 2. The summed E-state index contributed by atoms with van der Waals surface area (Å²) in [6.45, 7) is 6.43. The van der Waals surface area contributed by atoms with E-state index in [1.165, 1.54) is 11.8 Å². The molecule has 0 aliphatic rings. The fourth-order valence-corrected chi connectivity index (χ4v) is 4.43. The van der Waals surface area contributed by atoms with Crippen LogP contribution in [0.15, 0.2) is 94.2 Å². The number of hydrogen-bond acceptors (Lipinski definition) is 7. The number of hydrogen-bond donors (Lipinski definition) is 2. The monoisotopic (exact) mass is 527 g/mol. The van der Waals surface area contributed by atoms with Gasteiger partial charge in [0.05, 0.1) is 23.2 Å². The molecule has 0 aliphatic heterocycles. The standard InChI is InChI=1S/C28H29N7O2S/c1-4-35-26(20(3)29-27(37)21-12-10-19(2)11-13-21)33-34-28(35)38-18-25(36)30-22-14-16-24(17-15-22)32-31-23-8-6-5-7-9-23/h5-17,20H,4,18H2,1-3H3,(H,29,37)(H,30,36)/t20-/m0/s1. The molecule has 0 fully saturated rings. The lowest BCUT2D eigenvalue weighted by Crippen LogP contribution is -2.28. The quantitative estimate of drug-likeness (QED) is 0.187. The van der Waals surface area contributed by atoms with E-state index in [-0.39, 0.29) is 23.6 Å². The molecule has 4 rings (SSSR count). The number of azo groups is 1. The minimum Gasteiger partial charge on any atom is -0.342 e. The molecular weight excluding hydrogens is 498 g/mol. The first-order chi connectivity index (χ1) is 18.4. The van der Waals surface area contributed by atoms with Crippen LogP contribution >= 0.6 is 11.8 Å². The molecule has 1 aromatic heterocycles. The van der Waals surface area contributed by atoms with Crippen LogP contribution in [0, 0.1) is 6.92 Å². The first-order valence-electron chi connectivity index (χ1n) is 12.2. The van der Waals surface area contributed by atoms with E-state index in [0.29, 0.717) is 34.5 Å². The number of aryl methyl sites for hydroxylation is 1. The summed E-state index contributed by atoms with van der Waals surface area (Å²) in [5.74, 6) is 0.458. The van der Waals surface area contributed by atoms with Gasteiger partial charge in [-0.15, -0.1) is 10.2 Å². The third kappa shape index (κ3) is 7.13. The second kappa shape index (κ2) is 12.8. The molecule has 2 amide bonds. The predicted octanol–water partition coefficient (Wildman–Crippen LogP) is 6.24. The smallest absolute Gasteiger partial charge is 0.251 e. The van der Waals surface area contributed by atoms with Crippen molar-refractivity contribution in [2.24, 2.45) is 10.2 Å². The van der Waals surface area contributed by atoms with Crippen molar-refractivity contribution in [1.82, 2.24) is 20.1 Å². The molecule has 0 unspecified atom stereocenters. The number of nitrogens with zero attached hydrogens (tertiary/aromatic N) is 5. The first-order valence-corrected chi connectivity index (χ1v) is 13.2. The Labute approximate surface area is 225 Å². The maximum absolute atomic E-state index is 12.6. The molecule has 4 aromatic rings. The highest BCUT2D eigenvalue weighted by Crippen LogP contribution is 2.23. The number of aromatic nitrogens is 3. The zero-order valence-electron chi connectivity index (χ0n) is 21.5. The maximum Gasteiger partial charge on any atom is 0.251 e. The molecule has 0 aliphatic carbocycles. The van der Waals surface area contributed by atoms with E-state index in [9.17, 15) is 9.59 Å². The lowest BCUT2D eigenvalue weighted by molar-refractivity contribution is -0.113. The Hall–Kier alpha value is -4.31. The highest BCUT2D eigenvalue weighted by Gasteiger charge is 2.20. The topological polar surface area (TPSA) is 114 Å². The number of nitrogens with one attached hydrogen (secondary N) is 2. The molecule has 0 spiro atoms. The Bertz CT molecular complexity index is 1400. The Balaban J connectivity index is 1.31. The van der Waals surface area contributed by atoms with E-state index in [2.05, 4.69) is 31.1 Å². The van der Waals surface area contributed by atoms with Gasteiger partial charge < -0.3 is 15.2 Å². The molecule has 38 heavy (non-hydrogen) atoms. The van der Waals surface area contributed by atoms with Crippen LogP contribution in [0.25, 0.3) is 0 Å². The molecule has 0 saturated carbocycles. The molecule has 194 valence electrons. The van der Waals surface area contributed by atoms with Gasteiger partial charge in [-0.25, -0.2) is 0 Å². The second-order valence-electron chi connectivity index (χ2n) is 8.57. The van der Waals surface area contributed by atoms with Gasteiger partial charge in [-0.2, -0.15) is 10.2 Å². The van der Waals surface area contributed by atoms with E-state index in [1.807, 2.05) is 67.8 Å². The fourth-order valence-electron chi connectivity index (χ4n) is 3.62. The van der Waals surface area contributed by atoms with Crippen molar-refractivity contribution in [2.45, 2.75) is 38.5 Å². The van der Waals surface area contributed by atoms with Crippen molar-refractivity contribution >= 4 is 40.6 Å². The van der Waals surface area contributed by atoms with Crippen LogP contribution in [0.3, 0.4) is 0 Å². The summed E-state index contributed by atoms with van der Waals surface area (Å²) in [6, 6.07) is 23.7. The van der Waals surface area contributed by atoms with Crippen LogP contribution in [0.2, 0.25) is 0 Å². The van der Waals surface area contributed by atoms with Crippen LogP contribution in [0.4, 0.5) is 17.1 Å². The average Bonchev–Trinajstić information content (AvgIpc) is 3.35. The number of carbonyl (C=O) groups excluding carboxylic acids is 2. The molecule has 0 radical (unpaired) electrons. The molecule has 1 atom stereocenters. The average molecular weight is 528 g/mol. The van der Waals surface area contributed by atoms with Gasteiger partial charge in [0, 0.05) is 17.8 Å². The Morgan fingerprint density at radius 3 is 2.24 bits per heavy atom. The molecule has 2 N–H and O–H groups in total. The summed E-state index contributed by atoms with van der Waals surface area (Å²) in [5, 5.41) is 23.4. The lowest BCUT2D eigenvalue weighted by atomic mass is 10.1. The summed E-state index contributed by atoms with van der Waals surface area (Å²) >= 11 is 1.29. The predicted molar refractivity (Wildman–Crippen MR) is 149 cm³/mol. The minimum atomic E-state index is -0.350. The van der Waals surface area contributed by atoms with Crippen LogP contribution in [0.1, 0.15) is 41.6 Å². The van der Waals surface area contributed by atoms with Gasteiger partial charge >= 0.3 is 0 Å². The lowest BCUT2D eigenvalue weighted by Gasteiger charge is -2.15. The molecule has 3 aromatic carbocycles. The third-order valence-corrected chi connectivity index (χ3v) is 6.60. The van der Waals surface area contributed by atoms with Crippen LogP contribution in [-0.2, 0) is 11.3 Å². The van der Waals surface area contributed by atoms with Crippen molar-refractivity contribution in [3.8, 4) is 0 Å². The summed E-state index contributed by atoms with van der Waals surface area (Å²) in [6.07, 6.45) is 0. The van der Waals surface area contributed by atoms with E-state index in [0.717, 1.165) is 11.3 Å². The number of amides is 2. The van der Waals surface area contributed by atoms with E-state index in [1.54, 1.807) is 36.4 Å². The third-order valence-electron chi connectivity index (χ3n) is 5.63. The molecule has 0 bridgehead atoms. The maximum atomic E-state index is 12.6. The van der Waals surface area contributed by atoms with Gasteiger partial charge in [0.2, 0.25) is 5.91 Å². The van der Waals surface area contributed by atoms with Crippen LogP contribution in [0.5, 0.6) is 0 Å². The zero-order chi connectivity index (χ0) is 26.9. The fraction of sp³-hybridized carbons (Fsp3) is 0.214.